The molecule has 0 atom stereocenters. The first-order chi connectivity index (χ1) is 6.68. The summed E-state index contributed by atoms with van der Waals surface area (Å²) >= 11 is 0. The van der Waals surface area contributed by atoms with Crippen LogP contribution in [0.2, 0.25) is 0 Å². The number of nitrogen functional groups attached to an aromatic ring is 2. The van der Waals surface area contributed by atoms with Crippen LogP contribution in [0.25, 0.3) is 0 Å². The number of anilines is 2. The van der Waals surface area contributed by atoms with Crippen molar-refractivity contribution in [1.29, 1.82) is 0 Å². The fourth-order valence-electron chi connectivity index (χ4n) is 1.62. The minimum absolute atomic E-state index is 0. The summed E-state index contributed by atoms with van der Waals surface area (Å²) < 4.78 is 31.3. The molecule has 16 heavy (non-hydrogen) atoms. The first-order valence-electron chi connectivity index (χ1n) is 4.30. The van der Waals surface area contributed by atoms with E-state index in [4.69, 9.17) is 16.0 Å². The number of rotatable bonds is 1. The Kier molecular flexibility index (Phi) is 4.48. The van der Waals surface area contributed by atoms with Crippen LogP contribution in [-0.4, -0.2) is 13.0 Å². The normalized spacial score (nSPS) is 11.0. The van der Waals surface area contributed by atoms with Crippen molar-refractivity contribution >= 4 is 21.5 Å². The molecule has 0 spiro atoms. The van der Waals surface area contributed by atoms with Gasteiger partial charge in [-0.1, -0.05) is 0 Å². The SMILES string of the molecule is Cc1c(N)c(C)c(S(=O)(=O)O)c(C)c1N.[H-].[Li+]. The second-order valence-electron chi connectivity index (χ2n) is 3.51. The Bertz CT molecular complexity index is 503. The summed E-state index contributed by atoms with van der Waals surface area (Å²) in [5, 5.41) is 0. The molecule has 1 aromatic carbocycles. The van der Waals surface area contributed by atoms with Gasteiger partial charge in [0, 0.05) is 11.4 Å². The third kappa shape index (κ3) is 2.35. The van der Waals surface area contributed by atoms with Crippen LogP contribution >= 0.6 is 0 Å². The Hall–Kier alpha value is -0.673. The van der Waals surface area contributed by atoms with E-state index in [0.29, 0.717) is 28.1 Å². The maximum atomic E-state index is 11.1. The molecule has 0 aromatic heterocycles. The standard InChI is InChI=1S/C9H14N2O3S.Li.H/c1-4-7(10)5(2)9(15(12,13)14)6(3)8(4)11;;/h10-11H2,1-3H3,(H,12,13,14);;/q;+1;-1. The van der Waals surface area contributed by atoms with Crippen LogP contribution < -0.4 is 30.3 Å². The second kappa shape index (κ2) is 4.68. The van der Waals surface area contributed by atoms with Gasteiger partial charge in [-0.15, -0.1) is 0 Å². The van der Waals surface area contributed by atoms with E-state index in [2.05, 4.69) is 0 Å². The van der Waals surface area contributed by atoms with Crippen LogP contribution in [0.4, 0.5) is 11.4 Å². The average molecular weight is 238 g/mol. The van der Waals surface area contributed by atoms with Crippen molar-refractivity contribution in [2.45, 2.75) is 25.7 Å². The molecule has 0 aliphatic carbocycles. The van der Waals surface area contributed by atoms with Crippen LogP contribution in [0, 0.1) is 20.8 Å². The summed E-state index contributed by atoms with van der Waals surface area (Å²) in [6.45, 7) is 4.79. The van der Waals surface area contributed by atoms with Gasteiger partial charge in [0.05, 0.1) is 0 Å². The molecule has 0 fully saturated rings. The van der Waals surface area contributed by atoms with Crippen LogP contribution in [-0.2, 0) is 10.1 Å². The predicted molar refractivity (Wildman–Crippen MR) is 60.4 cm³/mol. The van der Waals surface area contributed by atoms with Crippen molar-refractivity contribution in [2.24, 2.45) is 0 Å². The Morgan fingerprint density at radius 3 is 1.56 bits per heavy atom. The molecule has 7 heteroatoms. The van der Waals surface area contributed by atoms with Gasteiger partial charge in [0.2, 0.25) is 0 Å². The van der Waals surface area contributed by atoms with Gasteiger partial charge in [-0.05, 0) is 37.5 Å². The molecule has 0 radical (unpaired) electrons. The van der Waals surface area contributed by atoms with E-state index in [0.717, 1.165) is 0 Å². The van der Waals surface area contributed by atoms with E-state index < -0.39 is 10.1 Å². The van der Waals surface area contributed by atoms with Crippen LogP contribution in [0.1, 0.15) is 18.1 Å². The summed E-state index contributed by atoms with van der Waals surface area (Å²) in [5.74, 6) is 0. The van der Waals surface area contributed by atoms with Crippen LogP contribution in [0.5, 0.6) is 0 Å². The molecule has 0 heterocycles. The quantitative estimate of drug-likeness (QED) is 0.302. The molecule has 0 saturated heterocycles. The molecule has 0 bridgehead atoms. The van der Waals surface area contributed by atoms with E-state index in [1.54, 1.807) is 6.92 Å². The van der Waals surface area contributed by atoms with Crippen molar-refractivity contribution in [3.63, 3.8) is 0 Å². The molecule has 86 valence electrons. The van der Waals surface area contributed by atoms with Gasteiger partial charge in [0.25, 0.3) is 10.1 Å². The molecule has 5 nitrogen and oxygen atoms in total. The molecular formula is C9H15LiN2O3S. The van der Waals surface area contributed by atoms with Crippen LogP contribution in [0.15, 0.2) is 4.90 Å². The monoisotopic (exact) mass is 238 g/mol. The first kappa shape index (κ1) is 15.3. The topological polar surface area (TPSA) is 106 Å². The van der Waals surface area contributed by atoms with Crippen molar-refractivity contribution in [2.75, 3.05) is 11.5 Å². The molecule has 0 saturated carbocycles. The molecule has 0 aliphatic rings. The third-order valence-electron chi connectivity index (χ3n) is 2.56. The maximum absolute atomic E-state index is 11.1. The summed E-state index contributed by atoms with van der Waals surface area (Å²) in [5.41, 5.74) is 13.3. The van der Waals surface area contributed by atoms with Gasteiger partial charge in [0.15, 0.2) is 0 Å². The van der Waals surface area contributed by atoms with E-state index in [1.807, 2.05) is 0 Å². The van der Waals surface area contributed by atoms with Gasteiger partial charge < -0.3 is 12.9 Å². The third-order valence-corrected chi connectivity index (χ3v) is 3.68. The zero-order valence-electron chi connectivity index (χ0n) is 10.8. The van der Waals surface area contributed by atoms with Gasteiger partial charge >= 0.3 is 18.9 Å². The Balaban J connectivity index is 0. The molecule has 0 aliphatic heterocycles. The van der Waals surface area contributed by atoms with Gasteiger partial charge in [-0.3, -0.25) is 4.55 Å². The smallest absolute Gasteiger partial charge is 1.00 e. The Morgan fingerprint density at radius 2 is 1.31 bits per heavy atom. The van der Waals surface area contributed by atoms with E-state index in [9.17, 15) is 8.42 Å². The van der Waals surface area contributed by atoms with Crippen molar-refractivity contribution in [1.82, 2.24) is 0 Å². The largest absolute Gasteiger partial charge is 1.00 e. The zero-order chi connectivity index (χ0) is 12.0. The number of benzene rings is 1. The van der Waals surface area contributed by atoms with Gasteiger partial charge in [-0.2, -0.15) is 8.42 Å². The minimum atomic E-state index is -4.29. The maximum Gasteiger partial charge on any atom is 1.00 e. The Labute approximate surface area is 109 Å². The summed E-state index contributed by atoms with van der Waals surface area (Å²) in [6.07, 6.45) is 0. The van der Waals surface area contributed by atoms with E-state index >= 15 is 0 Å². The number of nitrogens with two attached hydrogens (primary N) is 2. The minimum Gasteiger partial charge on any atom is -1.00 e. The molecule has 0 amide bonds. The first-order valence-corrected chi connectivity index (χ1v) is 5.74. The van der Waals surface area contributed by atoms with E-state index in [-0.39, 0.29) is 25.2 Å². The Morgan fingerprint density at radius 1 is 1.00 bits per heavy atom. The molecule has 5 N–H and O–H groups in total. The summed E-state index contributed by atoms with van der Waals surface area (Å²) in [7, 11) is -4.29. The van der Waals surface area contributed by atoms with Crippen molar-refractivity contribution in [3.8, 4) is 0 Å². The van der Waals surface area contributed by atoms with Gasteiger partial charge in [0.1, 0.15) is 4.90 Å². The molecule has 0 unspecified atom stereocenters. The molecule has 1 aromatic rings. The average Bonchev–Trinajstić information content (AvgIpc) is 2.09. The number of hydrogen-bond acceptors (Lipinski definition) is 4. The van der Waals surface area contributed by atoms with E-state index in [1.165, 1.54) is 13.8 Å². The fourth-order valence-corrected chi connectivity index (χ4v) is 2.61. The summed E-state index contributed by atoms with van der Waals surface area (Å²) in [4.78, 5) is -0.192. The van der Waals surface area contributed by atoms with Crippen molar-refractivity contribution in [3.05, 3.63) is 16.7 Å². The summed E-state index contributed by atoms with van der Waals surface area (Å²) in [6, 6.07) is 0. The molecular weight excluding hydrogens is 223 g/mol. The fraction of sp³-hybridized carbons (Fsp3) is 0.333. The molecule has 1 rings (SSSR count). The second-order valence-corrected chi connectivity index (χ2v) is 4.86. The predicted octanol–water partition coefficient (Wildman–Crippen LogP) is -1.86. The number of hydrogen-bond donors (Lipinski definition) is 3. The van der Waals surface area contributed by atoms with Crippen molar-refractivity contribution < 1.29 is 33.3 Å². The van der Waals surface area contributed by atoms with Gasteiger partial charge in [-0.25, -0.2) is 0 Å². The zero-order valence-corrected chi connectivity index (χ0v) is 10.6. The van der Waals surface area contributed by atoms with Crippen LogP contribution in [0.3, 0.4) is 0 Å².